The van der Waals surface area contributed by atoms with Gasteiger partial charge in [0, 0.05) is 18.7 Å². The SMILES string of the molecule is NC(=O)[C@H]1CCCN(C(=O)COC(=O)CNC(=O)c2cccc(F)c2)C1. The fourth-order valence-electron chi connectivity index (χ4n) is 2.60. The second kappa shape index (κ2) is 8.93. The summed E-state index contributed by atoms with van der Waals surface area (Å²) < 4.78 is 17.9. The predicted molar refractivity (Wildman–Crippen MR) is 88.2 cm³/mol. The zero-order valence-corrected chi connectivity index (χ0v) is 14.1. The maximum atomic E-state index is 13.0. The molecular weight excluding hydrogens is 345 g/mol. The molecule has 1 heterocycles. The van der Waals surface area contributed by atoms with Crippen molar-refractivity contribution in [1.29, 1.82) is 0 Å². The van der Waals surface area contributed by atoms with Crippen LogP contribution in [0.5, 0.6) is 0 Å². The Bertz CT molecular complexity index is 709. The van der Waals surface area contributed by atoms with Gasteiger partial charge >= 0.3 is 5.97 Å². The Hall–Kier alpha value is -2.97. The Morgan fingerprint density at radius 3 is 2.77 bits per heavy atom. The van der Waals surface area contributed by atoms with E-state index in [0.29, 0.717) is 19.4 Å². The molecule has 1 aromatic carbocycles. The van der Waals surface area contributed by atoms with E-state index in [4.69, 9.17) is 10.5 Å². The van der Waals surface area contributed by atoms with Gasteiger partial charge in [-0.1, -0.05) is 6.07 Å². The molecule has 0 aromatic heterocycles. The van der Waals surface area contributed by atoms with E-state index >= 15 is 0 Å². The van der Waals surface area contributed by atoms with Crippen molar-refractivity contribution in [3.05, 3.63) is 35.6 Å². The average molecular weight is 365 g/mol. The third-order valence-electron chi connectivity index (χ3n) is 4.01. The van der Waals surface area contributed by atoms with Crippen LogP contribution in [0.2, 0.25) is 0 Å². The third-order valence-corrected chi connectivity index (χ3v) is 4.01. The van der Waals surface area contributed by atoms with Crippen LogP contribution in [0.4, 0.5) is 4.39 Å². The summed E-state index contributed by atoms with van der Waals surface area (Å²) in [6.07, 6.45) is 1.28. The number of carbonyl (C=O) groups excluding carboxylic acids is 4. The highest BCUT2D eigenvalue weighted by Gasteiger charge is 2.27. The summed E-state index contributed by atoms with van der Waals surface area (Å²) in [6.45, 7) is -0.259. The second-order valence-corrected chi connectivity index (χ2v) is 5.93. The standard InChI is InChI=1S/C17H20FN3O5/c18-13-5-1-3-11(7-13)17(25)20-8-15(23)26-10-14(22)21-6-2-4-12(9-21)16(19)24/h1,3,5,7,12H,2,4,6,8-10H2,(H2,19,24)(H,20,25)/t12-/m0/s1. The minimum Gasteiger partial charge on any atom is -0.454 e. The molecule has 1 aliphatic rings. The third kappa shape index (κ3) is 5.54. The van der Waals surface area contributed by atoms with Crippen LogP contribution >= 0.6 is 0 Å². The van der Waals surface area contributed by atoms with Crippen LogP contribution in [0.1, 0.15) is 23.2 Å². The molecular formula is C17H20FN3O5. The van der Waals surface area contributed by atoms with Crippen molar-refractivity contribution >= 4 is 23.7 Å². The molecule has 1 aliphatic heterocycles. The normalized spacial score (nSPS) is 16.7. The number of piperidine rings is 1. The van der Waals surface area contributed by atoms with Gasteiger partial charge in [-0.25, -0.2) is 4.39 Å². The van der Waals surface area contributed by atoms with Gasteiger partial charge in [0.2, 0.25) is 5.91 Å². The largest absolute Gasteiger partial charge is 0.454 e. The van der Waals surface area contributed by atoms with Gasteiger partial charge in [0.1, 0.15) is 12.4 Å². The number of esters is 1. The van der Waals surface area contributed by atoms with E-state index in [-0.39, 0.29) is 12.1 Å². The fraction of sp³-hybridized carbons (Fsp3) is 0.412. The van der Waals surface area contributed by atoms with Crippen LogP contribution in [0, 0.1) is 11.7 Å². The predicted octanol–water partition coefficient (Wildman–Crippen LogP) is -0.177. The van der Waals surface area contributed by atoms with Gasteiger partial charge < -0.3 is 20.7 Å². The van der Waals surface area contributed by atoms with Gasteiger partial charge in [-0.2, -0.15) is 0 Å². The van der Waals surface area contributed by atoms with Crippen LogP contribution in [-0.2, 0) is 19.1 Å². The number of halogens is 1. The number of rotatable bonds is 6. The zero-order chi connectivity index (χ0) is 19.1. The van der Waals surface area contributed by atoms with E-state index in [9.17, 15) is 23.6 Å². The molecule has 1 atom stereocenters. The number of hydrogen-bond donors (Lipinski definition) is 2. The quantitative estimate of drug-likeness (QED) is 0.678. The first-order chi connectivity index (χ1) is 12.4. The first-order valence-electron chi connectivity index (χ1n) is 8.13. The van der Waals surface area contributed by atoms with E-state index in [1.54, 1.807) is 0 Å². The summed E-state index contributed by atoms with van der Waals surface area (Å²) in [6, 6.07) is 5.01. The van der Waals surface area contributed by atoms with Crippen LogP contribution < -0.4 is 11.1 Å². The van der Waals surface area contributed by atoms with Gasteiger partial charge in [0.05, 0.1) is 5.92 Å². The summed E-state index contributed by atoms with van der Waals surface area (Å²) in [4.78, 5) is 48.1. The van der Waals surface area contributed by atoms with Gasteiger partial charge in [-0.05, 0) is 31.0 Å². The number of nitrogens with two attached hydrogens (primary N) is 1. The van der Waals surface area contributed by atoms with E-state index in [1.807, 2.05) is 0 Å². The second-order valence-electron chi connectivity index (χ2n) is 5.93. The highest BCUT2D eigenvalue weighted by molar-refractivity contribution is 5.96. The molecule has 9 heteroatoms. The summed E-state index contributed by atoms with van der Waals surface area (Å²) in [7, 11) is 0. The number of ether oxygens (including phenoxy) is 1. The Morgan fingerprint density at radius 2 is 2.08 bits per heavy atom. The lowest BCUT2D eigenvalue weighted by Gasteiger charge is -2.31. The highest BCUT2D eigenvalue weighted by Crippen LogP contribution is 2.16. The summed E-state index contributed by atoms with van der Waals surface area (Å²) in [5, 5.41) is 2.28. The van der Waals surface area contributed by atoms with Crippen LogP contribution in [0.3, 0.4) is 0 Å². The summed E-state index contributed by atoms with van der Waals surface area (Å²) in [5.74, 6) is -3.28. The monoisotopic (exact) mass is 365 g/mol. The van der Waals surface area contributed by atoms with Crippen molar-refractivity contribution in [2.75, 3.05) is 26.2 Å². The van der Waals surface area contributed by atoms with E-state index in [1.165, 1.54) is 23.1 Å². The highest BCUT2D eigenvalue weighted by atomic mass is 19.1. The van der Waals surface area contributed by atoms with Crippen molar-refractivity contribution in [2.24, 2.45) is 11.7 Å². The minimum absolute atomic E-state index is 0.0692. The fourth-order valence-corrected chi connectivity index (χ4v) is 2.60. The molecule has 1 fully saturated rings. The number of carbonyl (C=O) groups is 4. The van der Waals surface area contributed by atoms with Gasteiger partial charge in [0.25, 0.3) is 11.8 Å². The van der Waals surface area contributed by atoms with Crippen molar-refractivity contribution < 1.29 is 28.3 Å². The molecule has 0 unspecified atom stereocenters. The maximum absolute atomic E-state index is 13.0. The molecule has 0 radical (unpaired) electrons. The first-order valence-corrected chi connectivity index (χ1v) is 8.13. The van der Waals surface area contributed by atoms with Crippen molar-refractivity contribution in [3.63, 3.8) is 0 Å². The average Bonchev–Trinajstić information content (AvgIpc) is 2.64. The smallest absolute Gasteiger partial charge is 0.325 e. The summed E-state index contributed by atoms with van der Waals surface area (Å²) >= 11 is 0. The number of amides is 3. The number of nitrogens with zero attached hydrogens (tertiary/aromatic N) is 1. The maximum Gasteiger partial charge on any atom is 0.325 e. The first kappa shape index (κ1) is 19.4. The molecule has 140 valence electrons. The molecule has 2 rings (SSSR count). The molecule has 0 spiro atoms. The molecule has 1 saturated heterocycles. The molecule has 0 bridgehead atoms. The molecule has 0 aliphatic carbocycles. The van der Waals surface area contributed by atoms with Crippen LogP contribution in [0.15, 0.2) is 24.3 Å². The van der Waals surface area contributed by atoms with Crippen molar-refractivity contribution in [1.82, 2.24) is 10.2 Å². The number of likely N-dealkylation sites (tertiary alicyclic amines) is 1. The Morgan fingerprint density at radius 1 is 1.31 bits per heavy atom. The molecule has 8 nitrogen and oxygen atoms in total. The number of nitrogens with one attached hydrogen (secondary N) is 1. The van der Waals surface area contributed by atoms with Crippen LogP contribution in [-0.4, -0.2) is 54.8 Å². The van der Waals surface area contributed by atoms with Crippen molar-refractivity contribution in [3.8, 4) is 0 Å². The molecule has 1 aromatic rings. The topological polar surface area (TPSA) is 119 Å². The van der Waals surface area contributed by atoms with E-state index < -0.39 is 48.6 Å². The molecule has 3 amide bonds. The lowest BCUT2D eigenvalue weighted by molar-refractivity contribution is -0.152. The lowest BCUT2D eigenvalue weighted by atomic mass is 9.97. The minimum atomic E-state index is -0.799. The van der Waals surface area contributed by atoms with E-state index in [0.717, 1.165) is 6.07 Å². The Labute approximate surface area is 149 Å². The number of primary amides is 1. The molecule has 0 saturated carbocycles. The number of benzene rings is 1. The molecule has 3 N–H and O–H groups in total. The number of hydrogen-bond acceptors (Lipinski definition) is 5. The zero-order valence-electron chi connectivity index (χ0n) is 14.1. The Kier molecular flexibility index (Phi) is 6.65. The lowest BCUT2D eigenvalue weighted by Crippen LogP contribution is -2.45. The van der Waals surface area contributed by atoms with Gasteiger partial charge in [-0.15, -0.1) is 0 Å². The molecule has 26 heavy (non-hydrogen) atoms. The van der Waals surface area contributed by atoms with Crippen LogP contribution in [0.25, 0.3) is 0 Å². The van der Waals surface area contributed by atoms with E-state index in [2.05, 4.69) is 5.32 Å². The van der Waals surface area contributed by atoms with Gasteiger partial charge in [0.15, 0.2) is 6.61 Å². The summed E-state index contributed by atoms with van der Waals surface area (Å²) in [5.41, 5.74) is 5.32. The Balaban J connectivity index is 1.73. The van der Waals surface area contributed by atoms with Crippen molar-refractivity contribution in [2.45, 2.75) is 12.8 Å². The van der Waals surface area contributed by atoms with Gasteiger partial charge in [-0.3, -0.25) is 19.2 Å².